The molecule has 2 rings (SSSR count). The lowest BCUT2D eigenvalue weighted by molar-refractivity contribution is 0.831. The molecule has 114 valence electrons. The molecule has 0 amide bonds. The van der Waals surface area contributed by atoms with Crippen LogP contribution in [0.1, 0.15) is 42.4 Å². The second-order valence-corrected chi connectivity index (χ2v) is 6.25. The van der Waals surface area contributed by atoms with Gasteiger partial charge < -0.3 is 10.6 Å². The average Bonchev–Trinajstić information content (AvgIpc) is 2.89. The van der Waals surface area contributed by atoms with E-state index in [1.165, 1.54) is 4.88 Å². The van der Waals surface area contributed by atoms with E-state index >= 15 is 0 Å². The highest BCUT2D eigenvalue weighted by Gasteiger charge is 2.05. The molecule has 0 saturated carbocycles. The van der Waals surface area contributed by atoms with Crippen LogP contribution in [0.2, 0.25) is 0 Å². The largest absolute Gasteiger partial charge is 0.370 e. The Kier molecular flexibility index (Phi) is 5.92. The van der Waals surface area contributed by atoms with E-state index in [2.05, 4.69) is 39.4 Å². The van der Waals surface area contributed by atoms with E-state index in [9.17, 15) is 0 Å². The van der Waals surface area contributed by atoms with E-state index in [0.29, 0.717) is 0 Å². The van der Waals surface area contributed by atoms with Crippen molar-refractivity contribution < 1.29 is 0 Å². The normalized spacial score (nSPS) is 10.6. The Labute approximate surface area is 130 Å². The van der Waals surface area contributed by atoms with Crippen molar-refractivity contribution in [2.24, 2.45) is 0 Å². The Morgan fingerprint density at radius 3 is 2.48 bits per heavy atom. The summed E-state index contributed by atoms with van der Waals surface area (Å²) in [6.45, 7) is 7.98. The van der Waals surface area contributed by atoms with Gasteiger partial charge in [-0.15, -0.1) is 11.3 Å². The molecular formula is C15H23N5S. The second-order valence-electron chi connectivity index (χ2n) is 4.93. The molecule has 0 bridgehead atoms. The molecular weight excluding hydrogens is 282 g/mol. The SMILES string of the molecule is CCCNc1cc(NCc2cnc(C)s2)nc(CCC)n1. The number of anilines is 2. The van der Waals surface area contributed by atoms with Crippen LogP contribution in [0.5, 0.6) is 0 Å². The fourth-order valence-corrected chi connectivity index (χ4v) is 2.67. The molecule has 0 radical (unpaired) electrons. The molecule has 0 aliphatic rings. The third-order valence-electron chi connectivity index (χ3n) is 2.92. The van der Waals surface area contributed by atoms with Gasteiger partial charge in [0.15, 0.2) is 0 Å². The molecule has 0 aliphatic carbocycles. The maximum absolute atomic E-state index is 4.58. The first kappa shape index (κ1) is 15.7. The van der Waals surface area contributed by atoms with Crippen molar-refractivity contribution in [3.8, 4) is 0 Å². The number of nitrogens with zero attached hydrogens (tertiary/aromatic N) is 3. The molecule has 0 atom stereocenters. The Balaban J connectivity index is 2.07. The molecule has 2 aromatic rings. The Morgan fingerprint density at radius 2 is 1.86 bits per heavy atom. The zero-order valence-electron chi connectivity index (χ0n) is 12.9. The van der Waals surface area contributed by atoms with Crippen LogP contribution in [0.25, 0.3) is 0 Å². The minimum atomic E-state index is 0.751. The predicted octanol–water partition coefficient (Wildman–Crippen LogP) is 3.63. The number of hydrogen-bond donors (Lipinski definition) is 2. The predicted molar refractivity (Wildman–Crippen MR) is 89.0 cm³/mol. The molecule has 6 heteroatoms. The van der Waals surface area contributed by atoms with Gasteiger partial charge in [0.1, 0.15) is 17.5 Å². The standard InChI is InChI=1S/C15H23N5S/c1-4-6-13-19-14(16-7-5-2)8-15(20-13)18-10-12-9-17-11(3)21-12/h8-9H,4-7,10H2,1-3H3,(H2,16,18,19,20). The summed E-state index contributed by atoms with van der Waals surface area (Å²) in [7, 11) is 0. The molecule has 5 nitrogen and oxygen atoms in total. The fourth-order valence-electron chi connectivity index (χ4n) is 1.93. The zero-order valence-corrected chi connectivity index (χ0v) is 13.8. The van der Waals surface area contributed by atoms with Gasteiger partial charge in [0.05, 0.1) is 11.6 Å². The maximum atomic E-state index is 4.58. The average molecular weight is 305 g/mol. The van der Waals surface area contributed by atoms with Crippen molar-refractivity contribution in [2.45, 2.75) is 46.6 Å². The number of aromatic nitrogens is 3. The van der Waals surface area contributed by atoms with Gasteiger partial charge >= 0.3 is 0 Å². The van der Waals surface area contributed by atoms with Gasteiger partial charge in [-0.3, -0.25) is 0 Å². The van der Waals surface area contributed by atoms with E-state index < -0.39 is 0 Å². The molecule has 0 spiro atoms. The number of hydrogen-bond acceptors (Lipinski definition) is 6. The number of nitrogens with one attached hydrogen (secondary N) is 2. The minimum Gasteiger partial charge on any atom is -0.370 e. The van der Waals surface area contributed by atoms with Gasteiger partial charge in [0.2, 0.25) is 0 Å². The second kappa shape index (κ2) is 7.93. The van der Waals surface area contributed by atoms with Gasteiger partial charge in [-0.2, -0.15) is 0 Å². The summed E-state index contributed by atoms with van der Waals surface area (Å²) in [5, 5.41) is 7.79. The number of thiazole rings is 1. The summed E-state index contributed by atoms with van der Waals surface area (Å²) < 4.78 is 0. The molecule has 21 heavy (non-hydrogen) atoms. The summed E-state index contributed by atoms with van der Waals surface area (Å²) in [6.07, 6.45) is 4.94. The van der Waals surface area contributed by atoms with E-state index in [0.717, 1.165) is 54.8 Å². The van der Waals surface area contributed by atoms with E-state index in [4.69, 9.17) is 0 Å². The first-order chi connectivity index (χ1) is 10.2. The first-order valence-electron chi connectivity index (χ1n) is 7.48. The lowest BCUT2D eigenvalue weighted by Crippen LogP contribution is -2.08. The van der Waals surface area contributed by atoms with Crippen molar-refractivity contribution in [3.05, 3.63) is 28.0 Å². The highest BCUT2D eigenvalue weighted by molar-refractivity contribution is 7.11. The lowest BCUT2D eigenvalue weighted by Gasteiger charge is -2.10. The highest BCUT2D eigenvalue weighted by Crippen LogP contribution is 2.16. The first-order valence-corrected chi connectivity index (χ1v) is 8.30. The van der Waals surface area contributed by atoms with Crippen LogP contribution in [-0.4, -0.2) is 21.5 Å². The molecule has 2 N–H and O–H groups in total. The molecule has 0 unspecified atom stereocenters. The Hall–Kier alpha value is -1.69. The third kappa shape index (κ3) is 4.97. The van der Waals surface area contributed by atoms with Crippen LogP contribution in [-0.2, 0) is 13.0 Å². The summed E-state index contributed by atoms with van der Waals surface area (Å²) in [6, 6.07) is 1.97. The number of rotatable bonds is 8. The van der Waals surface area contributed by atoms with Crippen LogP contribution < -0.4 is 10.6 Å². The summed E-state index contributed by atoms with van der Waals surface area (Å²) in [4.78, 5) is 14.6. The van der Waals surface area contributed by atoms with Crippen LogP contribution >= 0.6 is 11.3 Å². The fraction of sp³-hybridized carbons (Fsp3) is 0.533. The summed E-state index contributed by atoms with van der Waals surface area (Å²) in [5.41, 5.74) is 0. The molecule has 2 heterocycles. The molecule has 0 saturated heterocycles. The molecule has 0 fully saturated rings. The molecule has 2 aromatic heterocycles. The summed E-state index contributed by atoms with van der Waals surface area (Å²) in [5.74, 6) is 2.66. The zero-order chi connectivity index (χ0) is 15.1. The van der Waals surface area contributed by atoms with Crippen molar-refractivity contribution >= 4 is 23.0 Å². The van der Waals surface area contributed by atoms with Crippen LogP contribution in [0.15, 0.2) is 12.3 Å². The topological polar surface area (TPSA) is 62.7 Å². The Morgan fingerprint density at radius 1 is 1.10 bits per heavy atom. The van der Waals surface area contributed by atoms with Gasteiger partial charge in [0, 0.05) is 30.1 Å². The van der Waals surface area contributed by atoms with E-state index in [-0.39, 0.29) is 0 Å². The van der Waals surface area contributed by atoms with Crippen LogP contribution in [0, 0.1) is 6.92 Å². The van der Waals surface area contributed by atoms with Gasteiger partial charge in [-0.05, 0) is 19.8 Å². The number of aryl methyl sites for hydroxylation is 2. The van der Waals surface area contributed by atoms with Crippen molar-refractivity contribution in [1.82, 2.24) is 15.0 Å². The van der Waals surface area contributed by atoms with Crippen molar-refractivity contribution in [1.29, 1.82) is 0 Å². The smallest absolute Gasteiger partial charge is 0.133 e. The maximum Gasteiger partial charge on any atom is 0.133 e. The van der Waals surface area contributed by atoms with E-state index in [1.807, 2.05) is 19.2 Å². The van der Waals surface area contributed by atoms with Gasteiger partial charge in [-0.25, -0.2) is 15.0 Å². The van der Waals surface area contributed by atoms with Crippen LogP contribution in [0.3, 0.4) is 0 Å². The quantitative estimate of drug-likeness (QED) is 0.780. The minimum absolute atomic E-state index is 0.751. The third-order valence-corrected chi connectivity index (χ3v) is 3.83. The van der Waals surface area contributed by atoms with Crippen LogP contribution in [0.4, 0.5) is 11.6 Å². The monoisotopic (exact) mass is 305 g/mol. The van der Waals surface area contributed by atoms with E-state index in [1.54, 1.807) is 11.3 Å². The highest BCUT2D eigenvalue weighted by atomic mass is 32.1. The van der Waals surface area contributed by atoms with Gasteiger partial charge in [0.25, 0.3) is 0 Å². The summed E-state index contributed by atoms with van der Waals surface area (Å²) >= 11 is 1.71. The molecule has 0 aliphatic heterocycles. The Bertz CT molecular complexity index is 567. The lowest BCUT2D eigenvalue weighted by atomic mass is 10.3. The van der Waals surface area contributed by atoms with Crippen molar-refractivity contribution in [3.63, 3.8) is 0 Å². The van der Waals surface area contributed by atoms with Crippen molar-refractivity contribution in [2.75, 3.05) is 17.2 Å². The van der Waals surface area contributed by atoms with Gasteiger partial charge in [-0.1, -0.05) is 13.8 Å². The molecule has 0 aromatic carbocycles.